The number of nitrogens with zero attached hydrogens (tertiary/aromatic N) is 3. The molecule has 2 heterocycles. The number of rotatable bonds is 7. The maximum absolute atomic E-state index is 12.6. The first-order chi connectivity index (χ1) is 14.2. The van der Waals surface area contributed by atoms with Gasteiger partial charge in [0.15, 0.2) is 0 Å². The van der Waals surface area contributed by atoms with E-state index < -0.39 is 0 Å². The second-order valence-corrected chi connectivity index (χ2v) is 6.54. The summed E-state index contributed by atoms with van der Waals surface area (Å²) in [6.07, 6.45) is 3.64. The first kappa shape index (κ1) is 18.6. The van der Waals surface area contributed by atoms with Crippen molar-refractivity contribution in [1.82, 2.24) is 19.8 Å². The lowest BCUT2D eigenvalue weighted by Gasteiger charge is -2.12. The topological polar surface area (TPSA) is 80.5 Å². The van der Waals surface area contributed by atoms with Crippen molar-refractivity contribution < 1.29 is 9.63 Å². The summed E-state index contributed by atoms with van der Waals surface area (Å²) in [5.41, 5.74) is 6.60. The molecule has 4 rings (SSSR count). The normalized spacial score (nSPS) is 10.8. The molecule has 146 valence electrons. The summed E-state index contributed by atoms with van der Waals surface area (Å²) in [5, 5.41) is 3.33. The highest BCUT2D eigenvalue weighted by Gasteiger charge is 2.13. The van der Waals surface area contributed by atoms with E-state index in [-0.39, 0.29) is 5.91 Å². The number of anilines is 1. The van der Waals surface area contributed by atoms with Crippen LogP contribution in [0.1, 0.15) is 27.3 Å². The summed E-state index contributed by atoms with van der Waals surface area (Å²) in [6.45, 7) is 2.76. The number of aryl methyl sites for hydroxylation is 1. The van der Waals surface area contributed by atoms with Crippen molar-refractivity contribution in [3.05, 3.63) is 95.6 Å². The zero-order valence-corrected chi connectivity index (χ0v) is 16.0. The number of carbonyl (C=O) groups excluding carboxylic acids is 1. The fraction of sp³-hybridized carbons (Fsp3) is 0.136. The minimum atomic E-state index is -0.305. The Morgan fingerprint density at radius 2 is 1.86 bits per heavy atom. The molecule has 1 amide bonds. The summed E-state index contributed by atoms with van der Waals surface area (Å²) >= 11 is 0. The Morgan fingerprint density at radius 1 is 1.07 bits per heavy atom. The van der Waals surface area contributed by atoms with Gasteiger partial charge in [0, 0.05) is 18.1 Å². The summed E-state index contributed by atoms with van der Waals surface area (Å²) in [5.74, 6) is 0.350. The van der Waals surface area contributed by atoms with Gasteiger partial charge in [-0.2, -0.15) is 0 Å². The van der Waals surface area contributed by atoms with E-state index in [9.17, 15) is 4.79 Å². The summed E-state index contributed by atoms with van der Waals surface area (Å²) in [7, 11) is 0. The number of imidazole rings is 1. The van der Waals surface area contributed by atoms with Crippen molar-refractivity contribution in [2.45, 2.75) is 20.1 Å². The van der Waals surface area contributed by atoms with Gasteiger partial charge in [0.1, 0.15) is 0 Å². The molecule has 0 saturated heterocycles. The number of aromatic nitrogens is 3. The van der Waals surface area contributed by atoms with Crippen molar-refractivity contribution in [3.63, 3.8) is 0 Å². The van der Waals surface area contributed by atoms with Gasteiger partial charge < -0.3 is 5.32 Å². The highest BCUT2D eigenvalue weighted by molar-refractivity contribution is 5.99. The molecule has 0 aliphatic carbocycles. The van der Waals surface area contributed by atoms with Crippen molar-refractivity contribution in [1.29, 1.82) is 0 Å². The molecule has 2 N–H and O–H groups in total. The maximum atomic E-state index is 12.6. The first-order valence-electron chi connectivity index (χ1n) is 9.30. The predicted octanol–water partition coefficient (Wildman–Crippen LogP) is 3.51. The lowest BCUT2D eigenvalue weighted by Crippen LogP contribution is -2.24. The van der Waals surface area contributed by atoms with Crippen LogP contribution in [-0.4, -0.2) is 20.3 Å². The Bertz CT molecular complexity index is 1120. The van der Waals surface area contributed by atoms with E-state index in [2.05, 4.69) is 20.8 Å². The number of nitrogens with one attached hydrogen (secondary N) is 2. The molecule has 0 spiro atoms. The SMILES string of the molecule is Cc1nc2ncccn2c1CNc1ccccc1C(=O)NOCc1ccccc1. The number of hydrogen-bond donors (Lipinski definition) is 2. The summed E-state index contributed by atoms with van der Waals surface area (Å²) < 4.78 is 1.94. The van der Waals surface area contributed by atoms with Crippen LogP contribution in [-0.2, 0) is 18.0 Å². The molecule has 0 bridgehead atoms. The fourth-order valence-corrected chi connectivity index (χ4v) is 3.09. The second-order valence-electron chi connectivity index (χ2n) is 6.54. The fourth-order valence-electron chi connectivity index (χ4n) is 3.09. The molecule has 2 aromatic heterocycles. The number of benzene rings is 2. The molecule has 7 nitrogen and oxygen atoms in total. The number of hydrogen-bond acceptors (Lipinski definition) is 5. The van der Waals surface area contributed by atoms with Crippen LogP contribution in [0.5, 0.6) is 0 Å². The van der Waals surface area contributed by atoms with Crippen LogP contribution >= 0.6 is 0 Å². The molecule has 0 radical (unpaired) electrons. The van der Waals surface area contributed by atoms with Gasteiger partial charge in [0.05, 0.1) is 30.1 Å². The van der Waals surface area contributed by atoms with Gasteiger partial charge in [0.25, 0.3) is 5.91 Å². The Balaban J connectivity index is 1.44. The number of para-hydroxylation sites is 1. The molecule has 0 aliphatic heterocycles. The number of amides is 1. The lowest BCUT2D eigenvalue weighted by atomic mass is 10.1. The number of fused-ring (bicyclic) bond motifs is 1. The average Bonchev–Trinajstić information content (AvgIpc) is 3.08. The van der Waals surface area contributed by atoms with E-state index in [0.29, 0.717) is 30.2 Å². The van der Waals surface area contributed by atoms with Crippen LogP contribution in [0.25, 0.3) is 5.78 Å². The minimum absolute atomic E-state index is 0.302. The van der Waals surface area contributed by atoms with Crippen LogP contribution in [0, 0.1) is 6.92 Å². The van der Waals surface area contributed by atoms with Crippen molar-refractivity contribution in [3.8, 4) is 0 Å². The molecular weight excluding hydrogens is 366 g/mol. The van der Waals surface area contributed by atoms with Gasteiger partial charge in [-0.3, -0.25) is 14.0 Å². The largest absolute Gasteiger partial charge is 0.379 e. The molecule has 4 aromatic rings. The Kier molecular flexibility index (Phi) is 5.49. The van der Waals surface area contributed by atoms with Crippen LogP contribution in [0.2, 0.25) is 0 Å². The van der Waals surface area contributed by atoms with Crippen molar-refractivity contribution in [2.75, 3.05) is 5.32 Å². The van der Waals surface area contributed by atoms with E-state index in [4.69, 9.17) is 4.84 Å². The van der Waals surface area contributed by atoms with Gasteiger partial charge in [-0.05, 0) is 30.7 Å². The third kappa shape index (κ3) is 4.25. The van der Waals surface area contributed by atoms with Crippen LogP contribution in [0.4, 0.5) is 5.69 Å². The van der Waals surface area contributed by atoms with Gasteiger partial charge in [-0.15, -0.1) is 0 Å². The molecule has 7 heteroatoms. The van der Waals surface area contributed by atoms with Gasteiger partial charge in [-0.1, -0.05) is 42.5 Å². The quantitative estimate of drug-likeness (QED) is 0.474. The van der Waals surface area contributed by atoms with E-state index in [1.807, 2.05) is 72.1 Å². The molecule has 29 heavy (non-hydrogen) atoms. The molecule has 0 unspecified atom stereocenters. The smallest absolute Gasteiger partial charge is 0.276 e. The third-order valence-corrected chi connectivity index (χ3v) is 4.57. The molecule has 0 aliphatic rings. The molecule has 0 saturated carbocycles. The summed E-state index contributed by atoms with van der Waals surface area (Å²) in [4.78, 5) is 26.7. The first-order valence-corrected chi connectivity index (χ1v) is 9.30. The lowest BCUT2D eigenvalue weighted by molar-refractivity contribution is 0.0234. The van der Waals surface area contributed by atoms with E-state index in [0.717, 1.165) is 17.0 Å². The average molecular weight is 387 g/mol. The van der Waals surface area contributed by atoms with Crippen LogP contribution < -0.4 is 10.8 Å². The van der Waals surface area contributed by atoms with E-state index >= 15 is 0 Å². The zero-order chi connectivity index (χ0) is 20.1. The Morgan fingerprint density at radius 3 is 2.72 bits per heavy atom. The zero-order valence-electron chi connectivity index (χ0n) is 16.0. The Labute approximate surface area is 168 Å². The number of carbonyl (C=O) groups is 1. The maximum Gasteiger partial charge on any atom is 0.276 e. The van der Waals surface area contributed by atoms with Crippen LogP contribution in [0.15, 0.2) is 73.1 Å². The molecule has 2 aromatic carbocycles. The highest BCUT2D eigenvalue weighted by atomic mass is 16.6. The summed E-state index contributed by atoms with van der Waals surface area (Å²) in [6, 6.07) is 18.9. The molecular formula is C22H21N5O2. The standard InChI is InChI=1S/C22H21N5O2/c1-16-20(27-13-7-12-23-22(27)25-16)14-24-19-11-6-5-10-18(19)21(28)26-29-15-17-8-3-2-4-9-17/h2-13,24H,14-15H2,1H3,(H,26,28). The second kappa shape index (κ2) is 8.53. The van der Waals surface area contributed by atoms with Crippen molar-refractivity contribution >= 4 is 17.4 Å². The van der Waals surface area contributed by atoms with Crippen LogP contribution in [0.3, 0.4) is 0 Å². The van der Waals surface area contributed by atoms with Crippen molar-refractivity contribution in [2.24, 2.45) is 0 Å². The Hall–Kier alpha value is -3.71. The van der Waals surface area contributed by atoms with Gasteiger partial charge >= 0.3 is 0 Å². The molecule has 0 atom stereocenters. The van der Waals surface area contributed by atoms with E-state index in [1.165, 1.54) is 0 Å². The molecule has 0 fully saturated rings. The van der Waals surface area contributed by atoms with Gasteiger partial charge in [0.2, 0.25) is 5.78 Å². The third-order valence-electron chi connectivity index (χ3n) is 4.57. The highest BCUT2D eigenvalue weighted by Crippen LogP contribution is 2.18. The number of hydroxylamine groups is 1. The van der Waals surface area contributed by atoms with E-state index in [1.54, 1.807) is 12.3 Å². The predicted molar refractivity (Wildman–Crippen MR) is 110 cm³/mol. The van der Waals surface area contributed by atoms with Gasteiger partial charge in [-0.25, -0.2) is 15.4 Å². The monoisotopic (exact) mass is 387 g/mol. The minimum Gasteiger partial charge on any atom is -0.379 e.